The van der Waals surface area contributed by atoms with Crippen LogP contribution in [0.25, 0.3) is 11.1 Å². The molecule has 1 atom stereocenters. The summed E-state index contributed by atoms with van der Waals surface area (Å²) >= 11 is 0. The number of aliphatic imine (C=N–C) groups is 1. The molecule has 0 saturated heterocycles. The highest BCUT2D eigenvalue weighted by molar-refractivity contribution is 5.96. The highest BCUT2D eigenvalue weighted by atomic mass is 19.4. The van der Waals surface area contributed by atoms with Crippen molar-refractivity contribution >= 4 is 11.7 Å². The molecule has 2 aliphatic heterocycles. The third-order valence-electron chi connectivity index (χ3n) is 5.72. The maximum atomic E-state index is 13.3. The number of carboxylic acid groups (broad SMARTS) is 1. The van der Waals surface area contributed by atoms with Crippen molar-refractivity contribution < 1.29 is 23.1 Å². The van der Waals surface area contributed by atoms with Crippen molar-refractivity contribution in [1.29, 1.82) is 0 Å². The van der Waals surface area contributed by atoms with E-state index in [-0.39, 0.29) is 17.4 Å². The summed E-state index contributed by atoms with van der Waals surface area (Å²) in [6, 6.07) is 14.1. The van der Waals surface area contributed by atoms with Gasteiger partial charge in [-0.2, -0.15) is 13.2 Å². The summed E-state index contributed by atoms with van der Waals surface area (Å²) in [5.74, 6) is -0.750. The van der Waals surface area contributed by atoms with E-state index >= 15 is 0 Å². The quantitative estimate of drug-likeness (QED) is 0.655. The number of allylic oxidation sites excluding steroid dienone is 2. The molecule has 4 rings (SSSR count). The fraction of sp³-hybridized carbons (Fsp3) is 0.250. The molecule has 0 aliphatic carbocycles. The molecule has 2 N–H and O–H groups in total. The second kappa shape index (κ2) is 8.74. The molecule has 2 aliphatic rings. The lowest BCUT2D eigenvalue weighted by atomic mass is 9.96. The van der Waals surface area contributed by atoms with Gasteiger partial charge in [0.2, 0.25) is 0 Å². The van der Waals surface area contributed by atoms with Crippen LogP contribution >= 0.6 is 0 Å². The Kier molecular flexibility index (Phi) is 5.99. The number of nitrogens with zero attached hydrogens (tertiary/aromatic N) is 3. The van der Waals surface area contributed by atoms with E-state index in [0.717, 1.165) is 29.1 Å². The SMILES string of the molecule is CCC1=NC2=CC(C(F)(F)F)=CN(NC)N2C1Cc1ccc(-c2ccccc2C(=O)O)cc1. The zero-order valence-electron chi connectivity index (χ0n) is 18.1. The van der Waals surface area contributed by atoms with Gasteiger partial charge in [0.25, 0.3) is 0 Å². The summed E-state index contributed by atoms with van der Waals surface area (Å²) in [4.78, 5) is 16.0. The third kappa shape index (κ3) is 4.36. The van der Waals surface area contributed by atoms with Gasteiger partial charge >= 0.3 is 12.1 Å². The van der Waals surface area contributed by atoms with Crippen LogP contribution in [0.3, 0.4) is 0 Å². The summed E-state index contributed by atoms with van der Waals surface area (Å²) in [5, 5.41) is 12.5. The largest absolute Gasteiger partial charge is 0.478 e. The fourth-order valence-electron chi connectivity index (χ4n) is 4.11. The molecule has 2 aromatic rings. The average molecular weight is 456 g/mol. The molecule has 2 heterocycles. The van der Waals surface area contributed by atoms with Crippen molar-refractivity contribution in [1.82, 2.24) is 15.6 Å². The highest BCUT2D eigenvalue weighted by Gasteiger charge is 2.41. The van der Waals surface area contributed by atoms with Crippen LogP contribution in [0.2, 0.25) is 0 Å². The van der Waals surface area contributed by atoms with Crippen LogP contribution in [0.1, 0.15) is 29.3 Å². The number of hydrogen-bond acceptors (Lipinski definition) is 5. The molecule has 9 heteroatoms. The van der Waals surface area contributed by atoms with Crippen molar-refractivity contribution in [2.75, 3.05) is 7.05 Å². The number of hydrogen-bond donors (Lipinski definition) is 2. The van der Waals surface area contributed by atoms with E-state index in [1.165, 1.54) is 5.12 Å². The normalized spacial score (nSPS) is 18.0. The molecule has 0 bridgehead atoms. The zero-order valence-corrected chi connectivity index (χ0v) is 18.1. The first-order valence-corrected chi connectivity index (χ1v) is 10.5. The zero-order chi connectivity index (χ0) is 23.8. The van der Waals surface area contributed by atoms with E-state index < -0.39 is 17.7 Å². The first-order chi connectivity index (χ1) is 15.7. The van der Waals surface area contributed by atoms with E-state index in [1.807, 2.05) is 31.2 Å². The van der Waals surface area contributed by atoms with Crippen LogP contribution in [0.15, 0.2) is 77.2 Å². The molecule has 0 fully saturated rings. The van der Waals surface area contributed by atoms with E-state index in [4.69, 9.17) is 0 Å². The van der Waals surface area contributed by atoms with Gasteiger partial charge in [0.05, 0.1) is 23.4 Å². The van der Waals surface area contributed by atoms with Crippen molar-refractivity contribution in [2.45, 2.75) is 32.0 Å². The Bertz CT molecular complexity index is 1150. The lowest BCUT2D eigenvalue weighted by Gasteiger charge is -2.39. The highest BCUT2D eigenvalue weighted by Crippen LogP contribution is 2.36. The molecule has 33 heavy (non-hydrogen) atoms. The summed E-state index contributed by atoms with van der Waals surface area (Å²) in [7, 11) is 1.56. The topological polar surface area (TPSA) is 68.2 Å². The molecule has 6 nitrogen and oxygen atoms in total. The number of fused-ring (bicyclic) bond motifs is 1. The number of carbonyl (C=O) groups is 1. The van der Waals surface area contributed by atoms with E-state index in [2.05, 4.69) is 10.4 Å². The molecular formula is C24H23F3N4O2. The first-order valence-electron chi connectivity index (χ1n) is 10.5. The lowest BCUT2D eigenvalue weighted by molar-refractivity contribution is -0.0954. The van der Waals surface area contributed by atoms with Gasteiger partial charge in [0.1, 0.15) is 5.82 Å². The molecule has 2 aromatic carbocycles. The van der Waals surface area contributed by atoms with Gasteiger partial charge in [-0.15, -0.1) is 0 Å². The summed E-state index contributed by atoms with van der Waals surface area (Å²) in [6.45, 7) is 1.93. The van der Waals surface area contributed by atoms with E-state index in [1.54, 1.807) is 36.3 Å². The smallest absolute Gasteiger partial charge is 0.418 e. The Morgan fingerprint density at radius 3 is 2.45 bits per heavy atom. The van der Waals surface area contributed by atoms with Gasteiger partial charge in [0, 0.05) is 19.2 Å². The van der Waals surface area contributed by atoms with Crippen LogP contribution in [0.5, 0.6) is 0 Å². The number of alkyl halides is 3. The van der Waals surface area contributed by atoms with Gasteiger partial charge in [-0.1, -0.05) is 49.4 Å². The monoisotopic (exact) mass is 456 g/mol. The summed E-state index contributed by atoms with van der Waals surface area (Å²) in [6.07, 6.45) is -1.26. The fourth-order valence-corrected chi connectivity index (χ4v) is 4.11. The van der Waals surface area contributed by atoms with E-state index in [9.17, 15) is 23.1 Å². The third-order valence-corrected chi connectivity index (χ3v) is 5.72. The molecule has 0 saturated carbocycles. The van der Waals surface area contributed by atoms with Gasteiger partial charge in [-0.3, -0.25) is 0 Å². The molecular weight excluding hydrogens is 433 g/mol. The standard InChI is InChI=1S/C24H23F3N4O2/c1-3-20-21(31-22(29-20)13-17(24(25,26)27)14-30(31)28-2)12-15-8-10-16(11-9-15)18-6-4-5-7-19(18)23(32)33/h4-11,13-14,21,28H,3,12H2,1-2H3,(H,32,33). The van der Waals surface area contributed by atoms with Crippen LogP contribution < -0.4 is 5.43 Å². The Balaban J connectivity index is 1.61. The predicted molar refractivity (Wildman–Crippen MR) is 119 cm³/mol. The lowest BCUT2D eigenvalue weighted by Crippen LogP contribution is -2.52. The predicted octanol–water partition coefficient (Wildman–Crippen LogP) is 4.78. The molecule has 172 valence electrons. The maximum Gasteiger partial charge on any atom is 0.418 e. The van der Waals surface area contributed by atoms with Crippen molar-refractivity contribution in [2.24, 2.45) is 4.99 Å². The number of hydrazine groups is 2. The maximum absolute atomic E-state index is 13.3. The summed E-state index contributed by atoms with van der Waals surface area (Å²) in [5.41, 5.74) is 5.40. The average Bonchev–Trinajstić information content (AvgIpc) is 3.16. The number of nitrogens with one attached hydrogen (secondary N) is 1. The van der Waals surface area contributed by atoms with Gasteiger partial charge in [0.15, 0.2) is 0 Å². The summed E-state index contributed by atoms with van der Waals surface area (Å²) < 4.78 is 39.9. The number of benzene rings is 2. The Labute approximate surface area is 189 Å². The molecule has 0 aromatic heterocycles. The minimum atomic E-state index is -4.48. The van der Waals surface area contributed by atoms with Gasteiger partial charge in [-0.25, -0.2) is 25.3 Å². The Morgan fingerprint density at radius 2 is 1.85 bits per heavy atom. The van der Waals surface area contributed by atoms with Crippen LogP contribution in [-0.2, 0) is 6.42 Å². The molecule has 1 unspecified atom stereocenters. The minimum Gasteiger partial charge on any atom is -0.478 e. The molecule has 0 radical (unpaired) electrons. The van der Waals surface area contributed by atoms with Crippen LogP contribution in [-0.4, -0.2) is 46.2 Å². The van der Waals surface area contributed by atoms with Crippen molar-refractivity contribution in [3.8, 4) is 11.1 Å². The minimum absolute atomic E-state index is 0.224. The number of carboxylic acids is 1. The number of aromatic carboxylic acids is 1. The van der Waals surface area contributed by atoms with Crippen LogP contribution in [0.4, 0.5) is 13.2 Å². The van der Waals surface area contributed by atoms with Gasteiger partial charge < -0.3 is 5.11 Å². The van der Waals surface area contributed by atoms with E-state index in [0.29, 0.717) is 18.4 Å². The number of rotatable bonds is 6. The van der Waals surface area contributed by atoms with Gasteiger partial charge in [-0.05, 0) is 35.3 Å². The van der Waals surface area contributed by atoms with Crippen molar-refractivity contribution in [3.63, 3.8) is 0 Å². The van der Waals surface area contributed by atoms with Crippen LogP contribution in [0, 0.1) is 0 Å². The molecule has 0 amide bonds. The molecule has 0 spiro atoms. The Morgan fingerprint density at radius 1 is 1.15 bits per heavy atom. The van der Waals surface area contributed by atoms with Crippen molar-refractivity contribution in [3.05, 3.63) is 83.3 Å². The Hall–Kier alpha value is -3.59. The number of halogens is 3. The second-order valence-electron chi connectivity index (χ2n) is 7.72. The second-order valence-corrected chi connectivity index (χ2v) is 7.72. The first kappa shape index (κ1) is 22.6.